The van der Waals surface area contributed by atoms with Crippen molar-refractivity contribution < 1.29 is 20.1 Å². The first kappa shape index (κ1) is 9.70. The van der Waals surface area contributed by atoms with Crippen LogP contribution in [-0.2, 0) is 0 Å². The Morgan fingerprint density at radius 3 is 2.69 bits per heavy atom. The van der Waals surface area contributed by atoms with E-state index in [0.29, 0.717) is 5.56 Å². The minimum absolute atomic E-state index is 0.102. The molecule has 1 unspecified atom stereocenters. The van der Waals surface area contributed by atoms with Gasteiger partial charge >= 0.3 is 5.97 Å². The normalized spacial score (nSPS) is 12.5. The standard InChI is InChI=1S/C9H10O4/c10-5-8(11)6-2-1-3-7(4-6)9(12)13/h1-4,8,10-11H,5H2,(H,12,13). The summed E-state index contributed by atoms with van der Waals surface area (Å²) in [6.07, 6.45) is -1.01. The molecule has 3 N–H and O–H groups in total. The SMILES string of the molecule is O=C(O)c1cccc(C(O)CO)c1. The molecule has 1 rings (SSSR count). The van der Waals surface area contributed by atoms with Crippen LogP contribution in [0.2, 0.25) is 0 Å². The number of carboxylic acids is 1. The van der Waals surface area contributed by atoms with E-state index in [-0.39, 0.29) is 5.56 Å². The molecule has 1 atom stereocenters. The number of aliphatic hydroxyl groups is 2. The molecule has 0 aliphatic carbocycles. The number of rotatable bonds is 3. The van der Waals surface area contributed by atoms with Gasteiger partial charge in [0.2, 0.25) is 0 Å². The summed E-state index contributed by atoms with van der Waals surface area (Å²) >= 11 is 0. The summed E-state index contributed by atoms with van der Waals surface area (Å²) in [5.74, 6) is -1.05. The number of benzene rings is 1. The molecule has 0 heterocycles. The van der Waals surface area contributed by atoms with E-state index in [4.69, 9.17) is 10.2 Å². The van der Waals surface area contributed by atoms with Gasteiger partial charge in [-0.15, -0.1) is 0 Å². The maximum Gasteiger partial charge on any atom is 0.335 e. The molecule has 1 aromatic carbocycles. The number of aliphatic hydroxyl groups excluding tert-OH is 2. The first-order valence-electron chi connectivity index (χ1n) is 3.77. The molecule has 1 aromatic rings. The maximum absolute atomic E-state index is 10.5. The summed E-state index contributed by atoms with van der Waals surface area (Å²) in [7, 11) is 0. The number of hydrogen-bond acceptors (Lipinski definition) is 3. The zero-order valence-electron chi connectivity index (χ0n) is 6.84. The van der Waals surface area contributed by atoms with Crippen molar-refractivity contribution in [3.05, 3.63) is 35.4 Å². The smallest absolute Gasteiger partial charge is 0.335 e. The lowest BCUT2D eigenvalue weighted by Gasteiger charge is -2.07. The molecular formula is C9H10O4. The highest BCUT2D eigenvalue weighted by atomic mass is 16.4. The van der Waals surface area contributed by atoms with E-state index in [9.17, 15) is 9.90 Å². The largest absolute Gasteiger partial charge is 0.478 e. The van der Waals surface area contributed by atoms with Crippen molar-refractivity contribution in [1.29, 1.82) is 0 Å². The molecule has 0 fully saturated rings. The van der Waals surface area contributed by atoms with Gasteiger partial charge in [-0.3, -0.25) is 0 Å². The lowest BCUT2D eigenvalue weighted by atomic mass is 10.1. The molecule has 0 bridgehead atoms. The second kappa shape index (κ2) is 4.02. The van der Waals surface area contributed by atoms with Crippen molar-refractivity contribution >= 4 is 5.97 Å². The molecule has 0 saturated heterocycles. The number of aromatic carboxylic acids is 1. The second-order valence-corrected chi connectivity index (χ2v) is 2.63. The van der Waals surface area contributed by atoms with Gasteiger partial charge in [-0.05, 0) is 17.7 Å². The van der Waals surface area contributed by atoms with Gasteiger partial charge in [-0.2, -0.15) is 0 Å². The maximum atomic E-state index is 10.5. The van der Waals surface area contributed by atoms with Crippen molar-refractivity contribution in [3.8, 4) is 0 Å². The first-order valence-corrected chi connectivity index (χ1v) is 3.77. The molecule has 0 saturated carbocycles. The number of carbonyl (C=O) groups is 1. The lowest BCUT2D eigenvalue weighted by molar-refractivity contribution is 0.0695. The molecule has 4 heteroatoms. The lowest BCUT2D eigenvalue weighted by Crippen LogP contribution is -2.04. The van der Waals surface area contributed by atoms with Gasteiger partial charge in [0.25, 0.3) is 0 Å². The average Bonchev–Trinajstić information content (AvgIpc) is 2.17. The second-order valence-electron chi connectivity index (χ2n) is 2.63. The third-order valence-corrected chi connectivity index (χ3v) is 1.69. The number of hydrogen-bond donors (Lipinski definition) is 3. The van der Waals surface area contributed by atoms with E-state index in [1.54, 1.807) is 6.07 Å². The summed E-state index contributed by atoms with van der Waals surface area (Å²) in [6.45, 7) is -0.414. The van der Waals surface area contributed by atoms with E-state index in [2.05, 4.69) is 0 Å². The molecule has 0 aromatic heterocycles. The van der Waals surface area contributed by atoms with Crippen LogP contribution in [0.5, 0.6) is 0 Å². The first-order chi connectivity index (χ1) is 6.15. The fraction of sp³-hybridized carbons (Fsp3) is 0.222. The van der Waals surface area contributed by atoms with Crippen molar-refractivity contribution in [1.82, 2.24) is 0 Å². The van der Waals surface area contributed by atoms with Crippen LogP contribution >= 0.6 is 0 Å². The van der Waals surface area contributed by atoms with Crippen LogP contribution in [0.4, 0.5) is 0 Å². The van der Waals surface area contributed by atoms with Gasteiger partial charge in [0, 0.05) is 0 Å². The molecule has 0 aliphatic heterocycles. The van der Waals surface area contributed by atoms with Crippen molar-refractivity contribution in [2.75, 3.05) is 6.61 Å². The summed E-state index contributed by atoms with van der Waals surface area (Å²) in [5, 5.41) is 26.4. The van der Waals surface area contributed by atoms with E-state index in [1.165, 1.54) is 18.2 Å². The molecule has 0 radical (unpaired) electrons. The molecule has 0 amide bonds. The van der Waals surface area contributed by atoms with Crippen LogP contribution < -0.4 is 0 Å². The topological polar surface area (TPSA) is 77.8 Å². The van der Waals surface area contributed by atoms with E-state index < -0.39 is 18.7 Å². The molecule has 0 spiro atoms. The van der Waals surface area contributed by atoms with Crippen LogP contribution in [0.1, 0.15) is 22.0 Å². The van der Waals surface area contributed by atoms with Crippen LogP contribution in [0.15, 0.2) is 24.3 Å². The molecule has 13 heavy (non-hydrogen) atoms. The van der Waals surface area contributed by atoms with Gasteiger partial charge < -0.3 is 15.3 Å². The summed E-state index contributed by atoms with van der Waals surface area (Å²) in [5.41, 5.74) is 0.507. The van der Waals surface area contributed by atoms with Gasteiger partial charge in [-0.25, -0.2) is 4.79 Å². The van der Waals surface area contributed by atoms with Crippen molar-refractivity contribution in [2.24, 2.45) is 0 Å². The monoisotopic (exact) mass is 182 g/mol. The fourth-order valence-electron chi connectivity index (χ4n) is 0.984. The average molecular weight is 182 g/mol. The summed E-state index contributed by atoms with van der Waals surface area (Å²) in [6, 6.07) is 5.85. The van der Waals surface area contributed by atoms with Crippen LogP contribution in [0, 0.1) is 0 Å². The zero-order valence-corrected chi connectivity index (χ0v) is 6.84. The molecular weight excluding hydrogens is 172 g/mol. The van der Waals surface area contributed by atoms with Crippen LogP contribution in [0.25, 0.3) is 0 Å². The Hall–Kier alpha value is -1.39. The Bertz CT molecular complexity index is 308. The van der Waals surface area contributed by atoms with Crippen molar-refractivity contribution in [2.45, 2.75) is 6.10 Å². The predicted octanol–water partition coefficient (Wildman–Crippen LogP) is 0.410. The van der Waals surface area contributed by atoms with Gasteiger partial charge in [-0.1, -0.05) is 12.1 Å². The Kier molecular flexibility index (Phi) is 3.00. The highest BCUT2D eigenvalue weighted by molar-refractivity contribution is 5.87. The fourth-order valence-corrected chi connectivity index (χ4v) is 0.984. The van der Waals surface area contributed by atoms with Crippen molar-refractivity contribution in [3.63, 3.8) is 0 Å². The van der Waals surface area contributed by atoms with Gasteiger partial charge in [0.05, 0.1) is 12.2 Å². The zero-order chi connectivity index (χ0) is 9.84. The number of carboxylic acid groups (broad SMARTS) is 1. The molecule has 0 aliphatic rings. The van der Waals surface area contributed by atoms with Crippen LogP contribution in [-0.4, -0.2) is 27.9 Å². The van der Waals surface area contributed by atoms with E-state index >= 15 is 0 Å². The van der Waals surface area contributed by atoms with Gasteiger partial charge in [0.15, 0.2) is 0 Å². The third kappa shape index (κ3) is 2.27. The Morgan fingerprint density at radius 1 is 1.46 bits per heavy atom. The van der Waals surface area contributed by atoms with E-state index in [0.717, 1.165) is 0 Å². The predicted molar refractivity (Wildman–Crippen MR) is 45.4 cm³/mol. The molecule has 4 nitrogen and oxygen atoms in total. The molecule has 70 valence electrons. The van der Waals surface area contributed by atoms with Gasteiger partial charge in [0.1, 0.15) is 6.10 Å². The summed E-state index contributed by atoms with van der Waals surface area (Å²) in [4.78, 5) is 10.5. The minimum atomic E-state index is -1.05. The summed E-state index contributed by atoms with van der Waals surface area (Å²) < 4.78 is 0. The highest BCUT2D eigenvalue weighted by Crippen LogP contribution is 2.13. The quantitative estimate of drug-likeness (QED) is 0.632. The van der Waals surface area contributed by atoms with E-state index in [1.807, 2.05) is 0 Å². The highest BCUT2D eigenvalue weighted by Gasteiger charge is 2.08. The minimum Gasteiger partial charge on any atom is -0.478 e. The Labute approximate surface area is 75.1 Å². The van der Waals surface area contributed by atoms with Crippen LogP contribution in [0.3, 0.4) is 0 Å². The third-order valence-electron chi connectivity index (χ3n) is 1.69. The Balaban J connectivity index is 2.98. The Morgan fingerprint density at radius 2 is 2.15 bits per heavy atom.